The summed E-state index contributed by atoms with van der Waals surface area (Å²) < 4.78 is 0. The van der Waals surface area contributed by atoms with Crippen molar-refractivity contribution in [2.75, 3.05) is 11.4 Å². The number of benzene rings is 2. The van der Waals surface area contributed by atoms with Gasteiger partial charge in [-0.2, -0.15) is 0 Å². The van der Waals surface area contributed by atoms with Crippen LogP contribution in [0.1, 0.15) is 59.2 Å². The molecule has 0 saturated carbocycles. The summed E-state index contributed by atoms with van der Waals surface area (Å²) in [5.41, 5.74) is 7.37. The van der Waals surface area contributed by atoms with Crippen LogP contribution in [0.5, 0.6) is 0 Å². The molecule has 0 aliphatic carbocycles. The summed E-state index contributed by atoms with van der Waals surface area (Å²) in [6.07, 6.45) is 6.66. The highest BCUT2D eigenvalue weighted by atomic mass is 16.5. The molecule has 184 valence electrons. The Labute approximate surface area is 206 Å². The van der Waals surface area contributed by atoms with Crippen molar-refractivity contribution in [3.8, 4) is 0 Å². The Morgan fingerprint density at radius 3 is 2.26 bits per heavy atom. The molecule has 0 spiro atoms. The Kier molecular flexibility index (Phi) is 9.31. The number of hydrogen-bond donors (Lipinski definition) is 3. The molecule has 0 saturated heterocycles. The van der Waals surface area contributed by atoms with Crippen LogP contribution in [0.15, 0.2) is 54.9 Å². The molecule has 1 heterocycles. The quantitative estimate of drug-likeness (QED) is 0.203. The van der Waals surface area contributed by atoms with Gasteiger partial charge in [0, 0.05) is 25.4 Å². The summed E-state index contributed by atoms with van der Waals surface area (Å²) in [4.78, 5) is 34.6. The molecule has 8 nitrogen and oxygen atoms in total. The largest absolute Gasteiger partial charge is 0.352 e. The van der Waals surface area contributed by atoms with E-state index in [-0.39, 0.29) is 11.8 Å². The Morgan fingerprint density at radius 2 is 1.57 bits per heavy atom. The van der Waals surface area contributed by atoms with E-state index in [0.29, 0.717) is 30.9 Å². The third-order valence-electron chi connectivity index (χ3n) is 5.79. The smallest absolute Gasteiger partial charge is 0.254 e. The van der Waals surface area contributed by atoms with E-state index in [1.807, 2.05) is 23.1 Å². The zero-order chi connectivity index (χ0) is 25.2. The van der Waals surface area contributed by atoms with Crippen molar-refractivity contribution < 1.29 is 14.8 Å². The number of para-hydroxylation sites is 1. The second kappa shape index (κ2) is 12.6. The minimum absolute atomic E-state index is 0.217. The number of nitrogens with zero attached hydrogens (tertiary/aromatic N) is 3. The second-order valence-electron chi connectivity index (χ2n) is 8.64. The van der Waals surface area contributed by atoms with Gasteiger partial charge < -0.3 is 5.32 Å². The van der Waals surface area contributed by atoms with E-state index >= 15 is 0 Å². The topological polar surface area (TPSA) is 107 Å². The predicted octanol–water partition coefficient (Wildman–Crippen LogP) is 5.06. The van der Waals surface area contributed by atoms with Crippen LogP contribution >= 0.6 is 0 Å². The normalized spacial score (nSPS) is 10.6. The molecule has 3 aromatic rings. The summed E-state index contributed by atoms with van der Waals surface area (Å²) in [7, 11) is 0. The Hall–Kier alpha value is -3.78. The Morgan fingerprint density at radius 1 is 0.886 bits per heavy atom. The molecule has 3 rings (SSSR count). The molecule has 35 heavy (non-hydrogen) atoms. The van der Waals surface area contributed by atoms with Gasteiger partial charge in [-0.3, -0.25) is 19.7 Å². The standard InChI is InChI=1S/C27H33N5O3/c1-19-13-14-24(21(3)16-19)32(23-11-8-7-10-20(23)2)27-29-17-22(18-30-27)26(34)28-15-9-5-4-6-12-25(33)31-35/h7-8,10-11,13-14,16-18,35H,4-6,9,12,15H2,1-3H3,(H,28,34)(H,31,33). The lowest BCUT2D eigenvalue weighted by Crippen LogP contribution is -2.25. The predicted molar refractivity (Wildman–Crippen MR) is 136 cm³/mol. The fraction of sp³-hybridized carbons (Fsp3) is 0.333. The van der Waals surface area contributed by atoms with Crippen molar-refractivity contribution >= 4 is 29.1 Å². The maximum Gasteiger partial charge on any atom is 0.254 e. The van der Waals surface area contributed by atoms with E-state index < -0.39 is 0 Å². The number of aryl methyl sites for hydroxylation is 3. The summed E-state index contributed by atoms with van der Waals surface area (Å²) in [6.45, 7) is 6.71. The van der Waals surface area contributed by atoms with E-state index in [2.05, 4.69) is 60.3 Å². The van der Waals surface area contributed by atoms with Crippen LogP contribution in [0.2, 0.25) is 0 Å². The molecule has 0 radical (unpaired) electrons. The van der Waals surface area contributed by atoms with Crippen LogP contribution in [0.3, 0.4) is 0 Å². The van der Waals surface area contributed by atoms with Crippen LogP contribution in [-0.2, 0) is 4.79 Å². The second-order valence-corrected chi connectivity index (χ2v) is 8.64. The van der Waals surface area contributed by atoms with Gasteiger partial charge in [0.1, 0.15) is 0 Å². The number of hydrogen-bond acceptors (Lipinski definition) is 6. The molecule has 0 aliphatic rings. The zero-order valence-corrected chi connectivity index (χ0v) is 20.5. The molecule has 8 heteroatoms. The van der Waals surface area contributed by atoms with Crippen molar-refractivity contribution in [3.63, 3.8) is 0 Å². The fourth-order valence-corrected chi connectivity index (χ4v) is 3.89. The van der Waals surface area contributed by atoms with Gasteiger partial charge >= 0.3 is 0 Å². The molecular formula is C27H33N5O3. The summed E-state index contributed by atoms with van der Waals surface area (Å²) in [5.74, 6) is -0.0971. The molecular weight excluding hydrogens is 442 g/mol. The average molecular weight is 476 g/mol. The first-order valence-electron chi connectivity index (χ1n) is 11.9. The first-order chi connectivity index (χ1) is 16.9. The highest BCUT2D eigenvalue weighted by Gasteiger charge is 2.19. The fourth-order valence-electron chi connectivity index (χ4n) is 3.89. The number of carbonyl (C=O) groups excluding carboxylic acids is 2. The highest BCUT2D eigenvalue weighted by molar-refractivity contribution is 5.93. The number of aromatic nitrogens is 2. The lowest BCUT2D eigenvalue weighted by Gasteiger charge is -2.26. The van der Waals surface area contributed by atoms with Crippen molar-refractivity contribution in [2.45, 2.75) is 52.9 Å². The van der Waals surface area contributed by atoms with Gasteiger partial charge in [0.25, 0.3) is 5.91 Å². The number of nitrogens with one attached hydrogen (secondary N) is 2. The third-order valence-corrected chi connectivity index (χ3v) is 5.79. The van der Waals surface area contributed by atoms with E-state index in [4.69, 9.17) is 5.21 Å². The summed E-state index contributed by atoms with van der Waals surface area (Å²) in [6, 6.07) is 14.3. The molecule has 2 aromatic carbocycles. The van der Waals surface area contributed by atoms with Crippen molar-refractivity contribution in [3.05, 3.63) is 77.1 Å². The van der Waals surface area contributed by atoms with E-state index in [0.717, 1.165) is 41.8 Å². The van der Waals surface area contributed by atoms with E-state index in [9.17, 15) is 9.59 Å². The molecule has 1 aromatic heterocycles. The van der Waals surface area contributed by atoms with Gasteiger partial charge in [-0.25, -0.2) is 15.4 Å². The minimum atomic E-state index is -0.375. The summed E-state index contributed by atoms with van der Waals surface area (Å²) >= 11 is 0. The first-order valence-corrected chi connectivity index (χ1v) is 11.9. The summed E-state index contributed by atoms with van der Waals surface area (Å²) in [5, 5.41) is 11.4. The lowest BCUT2D eigenvalue weighted by atomic mass is 10.1. The molecule has 0 aliphatic heterocycles. The van der Waals surface area contributed by atoms with Crippen LogP contribution in [0.4, 0.5) is 17.3 Å². The number of unbranched alkanes of at least 4 members (excludes halogenated alkanes) is 3. The molecule has 2 amide bonds. The monoisotopic (exact) mass is 475 g/mol. The molecule has 0 unspecified atom stereocenters. The van der Waals surface area contributed by atoms with Crippen LogP contribution in [-0.4, -0.2) is 33.5 Å². The number of anilines is 3. The highest BCUT2D eigenvalue weighted by Crippen LogP contribution is 2.36. The first kappa shape index (κ1) is 25.8. The van der Waals surface area contributed by atoms with Crippen LogP contribution in [0, 0.1) is 20.8 Å². The SMILES string of the molecule is Cc1ccc(N(c2ncc(C(=O)NCCCCCCC(=O)NO)cn2)c2ccccc2C)c(C)c1. The lowest BCUT2D eigenvalue weighted by molar-refractivity contribution is -0.129. The number of amides is 2. The molecule has 0 atom stereocenters. The van der Waals surface area contributed by atoms with E-state index in [1.165, 1.54) is 5.56 Å². The van der Waals surface area contributed by atoms with Crippen LogP contribution in [0.25, 0.3) is 0 Å². The number of rotatable bonds is 11. The minimum Gasteiger partial charge on any atom is -0.352 e. The maximum absolute atomic E-state index is 12.5. The Bertz CT molecular complexity index is 1150. The number of hydroxylamine groups is 1. The molecule has 0 bridgehead atoms. The zero-order valence-electron chi connectivity index (χ0n) is 20.5. The van der Waals surface area contributed by atoms with Gasteiger partial charge in [0.05, 0.1) is 16.9 Å². The Balaban J connectivity index is 1.67. The number of carbonyl (C=O) groups is 2. The maximum atomic E-state index is 12.5. The average Bonchev–Trinajstić information content (AvgIpc) is 2.86. The van der Waals surface area contributed by atoms with Gasteiger partial charge in [-0.05, 0) is 56.9 Å². The van der Waals surface area contributed by atoms with Gasteiger partial charge in [-0.1, -0.05) is 48.7 Å². The van der Waals surface area contributed by atoms with E-state index in [1.54, 1.807) is 17.9 Å². The van der Waals surface area contributed by atoms with Gasteiger partial charge in [-0.15, -0.1) is 0 Å². The van der Waals surface area contributed by atoms with Gasteiger partial charge in [0.15, 0.2) is 0 Å². The third kappa shape index (κ3) is 7.10. The van der Waals surface area contributed by atoms with Crippen molar-refractivity contribution in [2.24, 2.45) is 0 Å². The van der Waals surface area contributed by atoms with Crippen LogP contribution < -0.4 is 15.7 Å². The van der Waals surface area contributed by atoms with Crippen molar-refractivity contribution in [1.82, 2.24) is 20.8 Å². The van der Waals surface area contributed by atoms with Gasteiger partial charge in [0.2, 0.25) is 11.9 Å². The molecule has 0 fully saturated rings. The molecule has 3 N–H and O–H groups in total. The van der Waals surface area contributed by atoms with Crippen molar-refractivity contribution in [1.29, 1.82) is 0 Å².